The van der Waals surface area contributed by atoms with E-state index in [0.29, 0.717) is 69.0 Å². The van der Waals surface area contributed by atoms with E-state index < -0.39 is 24.4 Å². The maximum atomic E-state index is 11.1. The first-order valence-electron chi connectivity index (χ1n) is 17.1. The zero-order chi connectivity index (χ0) is 36.7. The van der Waals surface area contributed by atoms with Crippen molar-refractivity contribution in [2.75, 3.05) is 42.7 Å². The minimum atomic E-state index is -0.899. The number of aliphatic hydroxyl groups is 2. The molecule has 0 bridgehead atoms. The lowest BCUT2D eigenvalue weighted by atomic mass is 9.92. The molecular weight excluding hydrogens is 652 g/mol. The van der Waals surface area contributed by atoms with Crippen molar-refractivity contribution in [3.8, 4) is 46.0 Å². The Balaban J connectivity index is 1.23. The van der Waals surface area contributed by atoms with Gasteiger partial charge in [-0.25, -0.2) is 0 Å². The Bertz CT molecular complexity index is 1630. The zero-order valence-corrected chi connectivity index (χ0v) is 30.7. The molecule has 5 rings (SSSR count). The summed E-state index contributed by atoms with van der Waals surface area (Å²) in [5.74, 6) is 5.31. The molecule has 6 atom stereocenters. The standard InChI is InChI=1S/C41H50O10/c1-24(40(42)30-13-15-32(44-3)36(22-30)46-5)50-34-17-11-28(20-38(34)48-7)26-9-10-27(19-26)29-12-18-35(39(21-29)49-8)51-25(2)41(43)31-14-16-33(45-4)37(23-31)47-6/h11-18,20-27,40-43H,9-10,19H2,1-8H3/t24-,25-,26-,27+,40+,41+/m1/s1. The van der Waals surface area contributed by atoms with E-state index in [1.165, 1.54) is 11.1 Å². The first-order valence-corrected chi connectivity index (χ1v) is 17.1. The Morgan fingerprint density at radius 3 is 1.14 bits per heavy atom. The minimum absolute atomic E-state index is 0.339. The molecule has 0 saturated heterocycles. The SMILES string of the molecule is COc1ccc([C@@H](O)[C@@H](C)Oc2ccc([C@@H]3CC[C@H](c4ccc(O[C@H](C)[C@H](O)c5ccc(OC)c(OC)c5)c(OC)c4)C3)cc2OC)cc1OC. The maximum Gasteiger partial charge on any atom is 0.161 e. The van der Waals surface area contributed by atoms with E-state index in [1.54, 1.807) is 79.1 Å². The van der Waals surface area contributed by atoms with Gasteiger partial charge in [0.05, 0.1) is 42.7 Å². The quantitative estimate of drug-likeness (QED) is 0.120. The summed E-state index contributed by atoms with van der Waals surface area (Å²) in [4.78, 5) is 0. The summed E-state index contributed by atoms with van der Waals surface area (Å²) in [6.07, 6.45) is 0.106. The first-order chi connectivity index (χ1) is 24.6. The molecule has 1 aliphatic rings. The highest BCUT2D eigenvalue weighted by atomic mass is 16.5. The highest BCUT2D eigenvalue weighted by Gasteiger charge is 2.30. The van der Waals surface area contributed by atoms with Crippen LogP contribution in [0.5, 0.6) is 46.0 Å². The fourth-order valence-corrected chi connectivity index (χ4v) is 6.80. The second kappa shape index (κ2) is 16.9. The van der Waals surface area contributed by atoms with Crippen molar-refractivity contribution in [1.29, 1.82) is 0 Å². The summed E-state index contributed by atoms with van der Waals surface area (Å²) in [5, 5.41) is 22.1. The van der Waals surface area contributed by atoms with Crippen LogP contribution in [0.2, 0.25) is 0 Å². The molecule has 1 saturated carbocycles. The number of rotatable bonds is 16. The highest BCUT2D eigenvalue weighted by Crippen LogP contribution is 2.47. The number of ether oxygens (including phenoxy) is 8. The van der Waals surface area contributed by atoms with Gasteiger partial charge in [-0.05, 0) is 116 Å². The normalized spacial score (nSPS) is 17.8. The van der Waals surface area contributed by atoms with Crippen molar-refractivity contribution in [3.05, 3.63) is 95.1 Å². The fraction of sp³-hybridized carbons (Fsp3) is 0.415. The molecule has 0 radical (unpaired) electrons. The number of methoxy groups -OCH3 is 6. The van der Waals surface area contributed by atoms with Crippen LogP contribution in [-0.2, 0) is 0 Å². The molecule has 0 aromatic heterocycles. The van der Waals surface area contributed by atoms with E-state index in [1.807, 2.05) is 38.1 Å². The molecule has 2 N–H and O–H groups in total. The Labute approximate surface area is 300 Å². The third-order valence-corrected chi connectivity index (χ3v) is 9.76. The van der Waals surface area contributed by atoms with Crippen LogP contribution in [0, 0.1) is 0 Å². The lowest BCUT2D eigenvalue weighted by molar-refractivity contribution is 0.0449. The van der Waals surface area contributed by atoms with Crippen LogP contribution in [0.3, 0.4) is 0 Å². The van der Waals surface area contributed by atoms with Gasteiger partial charge in [-0.15, -0.1) is 0 Å². The van der Waals surface area contributed by atoms with Crippen molar-refractivity contribution in [1.82, 2.24) is 0 Å². The predicted molar refractivity (Wildman–Crippen MR) is 195 cm³/mol. The molecular formula is C41H50O10. The van der Waals surface area contributed by atoms with E-state index in [-0.39, 0.29) is 0 Å². The molecule has 4 aromatic rings. The number of hydrogen-bond donors (Lipinski definition) is 2. The number of benzene rings is 4. The molecule has 0 amide bonds. The molecule has 0 aliphatic heterocycles. The zero-order valence-electron chi connectivity index (χ0n) is 30.7. The summed E-state index contributed by atoms with van der Waals surface area (Å²) in [6, 6.07) is 22.7. The molecule has 274 valence electrons. The highest BCUT2D eigenvalue weighted by molar-refractivity contribution is 5.48. The third-order valence-electron chi connectivity index (χ3n) is 9.76. The molecule has 0 heterocycles. The Kier molecular flexibility index (Phi) is 12.4. The van der Waals surface area contributed by atoms with Gasteiger partial charge in [0, 0.05) is 0 Å². The molecule has 10 heteroatoms. The lowest BCUT2D eigenvalue weighted by Gasteiger charge is -2.24. The van der Waals surface area contributed by atoms with E-state index in [0.717, 1.165) is 19.3 Å². The predicted octanol–water partition coefficient (Wildman–Crippen LogP) is 7.79. The second-order valence-electron chi connectivity index (χ2n) is 12.8. The molecule has 1 aliphatic carbocycles. The van der Waals surface area contributed by atoms with Crippen LogP contribution in [0.4, 0.5) is 0 Å². The van der Waals surface area contributed by atoms with Gasteiger partial charge >= 0.3 is 0 Å². The second-order valence-corrected chi connectivity index (χ2v) is 12.8. The average molecular weight is 703 g/mol. The van der Waals surface area contributed by atoms with Crippen molar-refractivity contribution in [2.45, 2.75) is 69.4 Å². The van der Waals surface area contributed by atoms with Crippen molar-refractivity contribution in [3.63, 3.8) is 0 Å². The van der Waals surface area contributed by atoms with Crippen LogP contribution in [-0.4, -0.2) is 65.1 Å². The van der Waals surface area contributed by atoms with Gasteiger partial charge in [-0.1, -0.05) is 24.3 Å². The van der Waals surface area contributed by atoms with Gasteiger partial charge in [0.2, 0.25) is 0 Å². The molecule has 0 unspecified atom stereocenters. The van der Waals surface area contributed by atoms with Gasteiger partial charge < -0.3 is 48.1 Å². The van der Waals surface area contributed by atoms with Crippen molar-refractivity contribution in [2.24, 2.45) is 0 Å². The van der Waals surface area contributed by atoms with Crippen molar-refractivity contribution >= 4 is 0 Å². The minimum Gasteiger partial charge on any atom is -0.493 e. The van der Waals surface area contributed by atoms with Gasteiger partial charge in [0.1, 0.15) is 24.4 Å². The smallest absolute Gasteiger partial charge is 0.161 e. The molecule has 4 aromatic carbocycles. The van der Waals surface area contributed by atoms with Crippen molar-refractivity contribution < 1.29 is 48.1 Å². The van der Waals surface area contributed by atoms with E-state index in [9.17, 15) is 10.2 Å². The maximum absolute atomic E-state index is 11.1. The first kappa shape index (κ1) is 37.5. The Morgan fingerprint density at radius 2 is 0.784 bits per heavy atom. The van der Waals surface area contributed by atoms with E-state index >= 15 is 0 Å². The number of aliphatic hydroxyl groups excluding tert-OH is 2. The number of hydrogen-bond acceptors (Lipinski definition) is 10. The molecule has 1 fully saturated rings. The van der Waals surface area contributed by atoms with Crippen LogP contribution >= 0.6 is 0 Å². The molecule has 0 spiro atoms. The van der Waals surface area contributed by atoms with Gasteiger partial charge in [0.25, 0.3) is 0 Å². The fourth-order valence-electron chi connectivity index (χ4n) is 6.80. The summed E-state index contributed by atoms with van der Waals surface area (Å²) in [6.45, 7) is 3.64. The lowest BCUT2D eigenvalue weighted by Crippen LogP contribution is -2.22. The largest absolute Gasteiger partial charge is 0.493 e. The monoisotopic (exact) mass is 702 g/mol. The van der Waals surface area contributed by atoms with E-state index in [4.69, 9.17) is 37.9 Å². The van der Waals surface area contributed by atoms with Crippen LogP contribution in [0.1, 0.15) is 79.4 Å². The van der Waals surface area contributed by atoms with Gasteiger partial charge in [-0.3, -0.25) is 0 Å². The van der Waals surface area contributed by atoms with E-state index in [2.05, 4.69) is 12.1 Å². The summed E-state index contributed by atoms with van der Waals surface area (Å²) < 4.78 is 45.4. The average Bonchev–Trinajstić information content (AvgIpc) is 3.67. The Morgan fingerprint density at radius 1 is 0.451 bits per heavy atom. The van der Waals surface area contributed by atoms with Crippen LogP contribution in [0.15, 0.2) is 72.8 Å². The topological polar surface area (TPSA) is 114 Å². The van der Waals surface area contributed by atoms with Crippen LogP contribution in [0.25, 0.3) is 0 Å². The molecule has 51 heavy (non-hydrogen) atoms. The summed E-state index contributed by atoms with van der Waals surface area (Å²) in [7, 11) is 9.53. The van der Waals surface area contributed by atoms with Gasteiger partial charge in [0.15, 0.2) is 46.0 Å². The Hall–Kier alpha value is -4.80. The van der Waals surface area contributed by atoms with Gasteiger partial charge in [-0.2, -0.15) is 0 Å². The summed E-state index contributed by atoms with van der Waals surface area (Å²) in [5.41, 5.74) is 3.68. The van der Waals surface area contributed by atoms with Crippen LogP contribution < -0.4 is 37.9 Å². The third kappa shape index (κ3) is 8.40. The summed E-state index contributed by atoms with van der Waals surface area (Å²) >= 11 is 0. The molecule has 10 nitrogen and oxygen atoms in total.